The molecular weight excluding hydrogens is 236 g/mol. The molecule has 3 nitrogen and oxygen atoms in total. The molecule has 0 aliphatic rings. The molecule has 0 heterocycles. The fraction of sp³-hybridized carbons (Fsp3) is 0.562. The summed E-state index contributed by atoms with van der Waals surface area (Å²) >= 11 is 0. The monoisotopic (exact) mass is 262 g/mol. The van der Waals surface area contributed by atoms with Gasteiger partial charge in [-0.3, -0.25) is 9.69 Å². The molecule has 1 N–H and O–H groups in total. The van der Waals surface area contributed by atoms with Gasteiger partial charge in [0, 0.05) is 13.1 Å². The van der Waals surface area contributed by atoms with Crippen LogP contribution in [0.15, 0.2) is 30.3 Å². The Morgan fingerprint density at radius 2 is 1.89 bits per heavy atom. The third-order valence-electron chi connectivity index (χ3n) is 3.17. The van der Waals surface area contributed by atoms with Crippen LogP contribution in [0, 0.1) is 0 Å². The zero-order valence-corrected chi connectivity index (χ0v) is 12.2. The molecule has 0 spiro atoms. The fourth-order valence-corrected chi connectivity index (χ4v) is 1.98. The van der Waals surface area contributed by atoms with Crippen LogP contribution in [0.2, 0.25) is 0 Å². The second-order valence-electron chi connectivity index (χ2n) is 4.85. The highest BCUT2D eigenvalue weighted by atomic mass is 16.2. The number of unbranched alkanes of at least 4 members (excludes halogenated alkanes) is 2. The SMILES string of the molecule is CCCCCNC(=O)CN(CC)Cc1ccccc1. The minimum atomic E-state index is 0.133. The number of likely N-dealkylation sites (N-methyl/N-ethyl adjacent to an activating group) is 1. The molecule has 106 valence electrons. The van der Waals surface area contributed by atoms with E-state index in [0.29, 0.717) is 6.54 Å². The highest BCUT2D eigenvalue weighted by Gasteiger charge is 2.08. The van der Waals surface area contributed by atoms with Gasteiger partial charge in [0.05, 0.1) is 6.54 Å². The summed E-state index contributed by atoms with van der Waals surface area (Å²) in [5.41, 5.74) is 1.25. The predicted octanol–water partition coefficient (Wildman–Crippen LogP) is 2.81. The van der Waals surface area contributed by atoms with Crippen molar-refractivity contribution in [3.8, 4) is 0 Å². The Morgan fingerprint density at radius 1 is 1.16 bits per heavy atom. The number of amides is 1. The molecule has 1 aromatic carbocycles. The summed E-state index contributed by atoms with van der Waals surface area (Å²) in [6, 6.07) is 10.3. The van der Waals surface area contributed by atoms with E-state index in [4.69, 9.17) is 0 Å². The van der Waals surface area contributed by atoms with E-state index in [1.54, 1.807) is 0 Å². The van der Waals surface area contributed by atoms with Gasteiger partial charge < -0.3 is 5.32 Å². The van der Waals surface area contributed by atoms with Crippen LogP contribution in [0.5, 0.6) is 0 Å². The summed E-state index contributed by atoms with van der Waals surface area (Å²) in [6.45, 7) is 7.26. The van der Waals surface area contributed by atoms with Crippen molar-refractivity contribution in [3.63, 3.8) is 0 Å². The van der Waals surface area contributed by atoms with Crippen LogP contribution in [0.3, 0.4) is 0 Å². The standard InChI is InChI=1S/C16H26N2O/c1-3-5-9-12-17-16(19)14-18(4-2)13-15-10-7-6-8-11-15/h6-8,10-11H,3-5,9,12-14H2,1-2H3,(H,17,19). The Kier molecular flexibility index (Phi) is 7.91. The Balaban J connectivity index is 2.29. The van der Waals surface area contributed by atoms with Gasteiger partial charge in [-0.15, -0.1) is 0 Å². The molecular formula is C16H26N2O. The number of nitrogens with one attached hydrogen (secondary N) is 1. The topological polar surface area (TPSA) is 32.3 Å². The highest BCUT2D eigenvalue weighted by molar-refractivity contribution is 5.77. The van der Waals surface area contributed by atoms with Crippen molar-refractivity contribution >= 4 is 5.91 Å². The van der Waals surface area contributed by atoms with Crippen LogP contribution in [0.4, 0.5) is 0 Å². The molecule has 1 amide bonds. The lowest BCUT2D eigenvalue weighted by Crippen LogP contribution is -2.37. The zero-order valence-electron chi connectivity index (χ0n) is 12.2. The number of hydrogen-bond acceptors (Lipinski definition) is 2. The van der Waals surface area contributed by atoms with Crippen LogP contribution in [-0.4, -0.2) is 30.4 Å². The van der Waals surface area contributed by atoms with Crippen LogP contribution in [0.1, 0.15) is 38.7 Å². The van der Waals surface area contributed by atoms with Crippen LogP contribution in [0.25, 0.3) is 0 Å². The number of hydrogen-bond donors (Lipinski definition) is 1. The molecule has 19 heavy (non-hydrogen) atoms. The first-order valence-corrected chi connectivity index (χ1v) is 7.29. The molecule has 0 fully saturated rings. The minimum Gasteiger partial charge on any atom is -0.355 e. The Bertz CT molecular complexity index is 351. The molecule has 0 bridgehead atoms. The maximum Gasteiger partial charge on any atom is 0.234 e. The largest absolute Gasteiger partial charge is 0.355 e. The third kappa shape index (κ3) is 6.97. The average Bonchev–Trinajstić information content (AvgIpc) is 2.44. The van der Waals surface area contributed by atoms with Gasteiger partial charge >= 0.3 is 0 Å². The van der Waals surface area contributed by atoms with Crippen molar-refractivity contribution in [2.45, 2.75) is 39.7 Å². The first-order valence-electron chi connectivity index (χ1n) is 7.29. The van der Waals surface area contributed by atoms with Crippen LogP contribution in [-0.2, 0) is 11.3 Å². The zero-order chi connectivity index (χ0) is 13.9. The van der Waals surface area contributed by atoms with Crippen molar-refractivity contribution < 1.29 is 4.79 Å². The molecule has 3 heteroatoms. The van der Waals surface area contributed by atoms with E-state index in [-0.39, 0.29) is 5.91 Å². The number of rotatable bonds is 9. The van der Waals surface area contributed by atoms with Gasteiger partial charge in [-0.2, -0.15) is 0 Å². The average molecular weight is 262 g/mol. The van der Waals surface area contributed by atoms with Gasteiger partial charge in [0.25, 0.3) is 0 Å². The van der Waals surface area contributed by atoms with E-state index >= 15 is 0 Å². The normalized spacial score (nSPS) is 10.7. The molecule has 0 saturated carbocycles. The van der Waals surface area contributed by atoms with Crippen LogP contribution >= 0.6 is 0 Å². The van der Waals surface area contributed by atoms with E-state index in [2.05, 4.69) is 36.2 Å². The van der Waals surface area contributed by atoms with Gasteiger partial charge in [-0.1, -0.05) is 57.0 Å². The van der Waals surface area contributed by atoms with Crippen molar-refractivity contribution in [2.75, 3.05) is 19.6 Å². The Hall–Kier alpha value is -1.35. The quantitative estimate of drug-likeness (QED) is 0.694. The molecule has 0 aliphatic carbocycles. The molecule has 1 aromatic rings. The number of carbonyl (C=O) groups excluding carboxylic acids is 1. The summed E-state index contributed by atoms with van der Waals surface area (Å²) < 4.78 is 0. The van der Waals surface area contributed by atoms with Gasteiger partial charge in [0.15, 0.2) is 0 Å². The molecule has 0 radical (unpaired) electrons. The number of carbonyl (C=O) groups is 1. The van der Waals surface area contributed by atoms with E-state index in [9.17, 15) is 4.79 Å². The van der Waals surface area contributed by atoms with E-state index < -0.39 is 0 Å². The summed E-state index contributed by atoms with van der Waals surface area (Å²) in [5, 5.41) is 2.99. The molecule has 0 saturated heterocycles. The van der Waals surface area contributed by atoms with Gasteiger partial charge in [-0.05, 0) is 18.5 Å². The summed E-state index contributed by atoms with van der Waals surface area (Å²) in [6.07, 6.45) is 3.44. The van der Waals surface area contributed by atoms with Gasteiger partial charge in [0.1, 0.15) is 0 Å². The molecule has 0 aliphatic heterocycles. The summed E-state index contributed by atoms with van der Waals surface area (Å²) in [5.74, 6) is 0.133. The Labute approximate surface area is 117 Å². The lowest BCUT2D eigenvalue weighted by molar-refractivity contribution is -0.122. The van der Waals surface area contributed by atoms with Crippen molar-refractivity contribution in [1.29, 1.82) is 0 Å². The molecule has 0 atom stereocenters. The second-order valence-corrected chi connectivity index (χ2v) is 4.85. The smallest absolute Gasteiger partial charge is 0.234 e. The predicted molar refractivity (Wildman–Crippen MR) is 79.9 cm³/mol. The maximum atomic E-state index is 11.8. The van der Waals surface area contributed by atoms with E-state index in [1.165, 1.54) is 18.4 Å². The third-order valence-corrected chi connectivity index (χ3v) is 3.17. The second kappa shape index (κ2) is 9.56. The van der Waals surface area contributed by atoms with E-state index in [0.717, 1.165) is 26.1 Å². The van der Waals surface area contributed by atoms with Gasteiger partial charge in [-0.25, -0.2) is 0 Å². The summed E-state index contributed by atoms with van der Waals surface area (Å²) in [4.78, 5) is 14.0. The molecule has 0 unspecified atom stereocenters. The van der Waals surface area contributed by atoms with Crippen molar-refractivity contribution in [2.24, 2.45) is 0 Å². The number of nitrogens with zero attached hydrogens (tertiary/aromatic N) is 1. The van der Waals surface area contributed by atoms with Crippen molar-refractivity contribution in [3.05, 3.63) is 35.9 Å². The van der Waals surface area contributed by atoms with Gasteiger partial charge in [0.2, 0.25) is 5.91 Å². The van der Waals surface area contributed by atoms with Crippen molar-refractivity contribution in [1.82, 2.24) is 10.2 Å². The van der Waals surface area contributed by atoms with E-state index in [1.807, 2.05) is 18.2 Å². The molecule has 1 rings (SSSR count). The fourth-order valence-electron chi connectivity index (χ4n) is 1.98. The molecule has 0 aromatic heterocycles. The number of benzene rings is 1. The highest BCUT2D eigenvalue weighted by Crippen LogP contribution is 2.03. The lowest BCUT2D eigenvalue weighted by Gasteiger charge is -2.19. The minimum absolute atomic E-state index is 0.133. The maximum absolute atomic E-state index is 11.8. The lowest BCUT2D eigenvalue weighted by atomic mass is 10.2. The first-order chi connectivity index (χ1) is 9.26. The van der Waals surface area contributed by atoms with Crippen LogP contribution < -0.4 is 5.32 Å². The summed E-state index contributed by atoms with van der Waals surface area (Å²) in [7, 11) is 0. The first kappa shape index (κ1) is 15.7. The Morgan fingerprint density at radius 3 is 2.53 bits per heavy atom.